The predicted molar refractivity (Wildman–Crippen MR) is 125 cm³/mol. The average molecular weight is 452 g/mol. The molecule has 0 aliphatic rings. The molecule has 0 radical (unpaired) electrons. The molecule has 1 atom stereocenters. The summed E-state index contributed by atoms with van der Waals surface area (Å²) in [7, 11) is 0. The molecular weight excluding hydrogens is 422 g/mol. The minimum atomic E-state index is -1.10. The minimum Gasteiger partial charge on any atom is -0.444 e. The van der Waals surface area contributed by atoms with E-state index in [1.165, 1.54) is 6.07 Å². The molecule has 0 unspecified atom stereocenters. The lowest BCUT2D eigenvalue weighted by Gasteiger charge is -2.23. The summed E-state index contributed by atoms with van der Waals surface area (Å²) in [4.78, 5) is 37.8. The maximum atomic E-state index is 13.3. The van der Waals surface area contributed by atoms with Crippen LogP contribution in [0.3, 0.4) is 0 Å². The summed E-state index contributed by atoms with van der Waals surface area (Å²) in [6.45, 7) is 9.03. The average Bonchev–Trinajstić information content (AvgIpc) is 2.70. The van der Waals surface area contributed by atoms with Crippen molar-refractivity contribution in [2.24, 2.45) is 0 Å². The summed E-state index contributed by atoms with van der Waals surface area (Å²) in [6, 6.07) is 12.6. The van der Waals surface area contributed by atoms with Gasteiger partial charge in [-0.05, 0) is 62.9 Å². The van der Waals surface area contributed by atoms with Gasteiger partial charge in [-0.15, -0.1) is 0 Å². The van der Waals surface area contributed by atoms with E-state index in [-0.39, 0.29) is 5.75 Å². The van der Waals surface area contributed by atoms with E-state index in [1.54, 1.807) is 57.2 Å². The maximum Gasteiger partial charge on any atom is 0.408 e. The van der Waals surface area contributed by atoms with Crippen molar-refractivity contribution in [3.63, 3.8) is 0 Å². The number of ether oxygens (including phenoxy) is 2. The molecule has 0 saturated carbocycles. The number of hydrogen-bond donors (Lipinski definition) is 1. The first-order chi connectivity index (χ1) is 15.6. The van der Waals surface area contributed by atoms with Gasteiger partial charge in [0.05, 0.1) is 5.39 Å². The summed E-state index contributed by atoms with van der Waals surface area (Å²) < 4.78 is 16.5. The van der Waals surface area contributed by atoms with E-state index in [0.717, 1.165) is 17.5 Å². The third-order valence-electron chi connectivity index (χ3n) is 4.79. The Morgan fingerprint density at radius 1 is 1.09 bits per heavy atom. The van der Waals surface area contributed by atoms with E-state index in [1.807, 2.05) is 19.9 Å². The van der Waals surface area contributed by atoms with Gasteiger partial charge in [0.1, 0.15) is 16.9 Å². The summed E-state index contributed by atoms with van der Waals surface area (Å²) in [5, 5.41) is 3.18. The lowest BCUT2D eigenvalue weighted by atomic mass is 10.0. The van der Waals surface area contributed by atoms with Gasteiger partial charge >= 0.3 is 17.7 Å². The zero-order chi connectivity index (χ0) is 24.2. The zero-order valence-corrected chi connectivity index (χ0v) is 19.6. The molecule has 3 rings (SSSR count). The van der Waals surface area contributed by atoms with Crippen molar-refractivity contribution in [3.8, 4) is 5.75 Å². The van der Waals surface area contributed by atoms with E-state index in [2.05, 4.69) is 5.32 Å². The second kappa shape index (κ2) is 9.90. The van der Waals surface area contributed by atoms with Gasteiger partial charge in [0.2, 0.25) is 0 Å². The molecule has 7 heteroatoms. The zero-order valence-electron chi connectivity index (χ0n) is 19.6. The lowest BCUT2D eigenvalue weighted by Crippen LogP contribution is -2.39. The number of alkyl carbamates (subject to hydrolysis) is 1. The number of carbonyl (C=O) groups is 2. The monoisotopic (exact) mass is 451 g/mol. The van der Waals surface area contributed by atoms with Crippen LogP contribution in [0.5, 0.6) is 5.75 Å². The van der Waals surface area contributed by atoms with Gasteiger partial charge in [0.15, 0.2) is 6.04 Å². The van der Waals surface area contributed by atoms with Gasteiger partial charge < -0.3 is 19.2 Å². The van der Waals surface area contributed by atoms with Crippen molar-refractivity contribution >= 4 is 23.0 Å². The summed E-state index contributed by atoms with van der Waals surface area (Å²) in [5.74, 6) is -0.415. The number of amides is 1. The molecule has 0 spiro atoms. The Bertz CT molecular complexity index is 1210. The molecule has 2 aromatic carbocycles. The molecule has 0 bridgehead atoms. The number of aryl methyl sites for hydroxylation is 2. The largest absolute Gasteiger partial charge is 0.444 e. The Morgan fingerprint density at radius 2 is 1.79 bits per heavy atom. The number of carbonyl (C=O) groups excluding carboxylic acids is 2. The Kier molecular flexibility index (Phi) is 7.21. The Morgan fingerprint density at radius 3 is 2.42 bits per heavy atom. The number of esters is 1. The van der Waals surface area contributed by atoms with E-state index < -0.39 is 29.3 Å². The minimum absolute atomic E-state index is 0.272. The lowest BCUT2D eigenvalue weighted by molar-refractivity contribution is -0.136. The second-order valence-electron chi connectivity index (χ2n) is 8.89. The first-order valence-corrected chi connectivity index (χ1v) is 10.9. The molecule has 0 fully saturated rings. The molecule has 1 N–H and O–H groups in total. The fourth-order valence-corrected chi connectivity index (χ4v) is 3.53. The van der Waals surface area contributed by atoms with Crippen LogP contribution in [0.2, 0.25) is 0 Å². The number of hydrogen-bond acceptors (Lipinski definition) is 6. The van der Waals surface area contributed by atoms with Crippen LogP contribution in [-0.4, -0.2) is 17.7 Å². The number of fused-ring (bicyclic) bond motifs is 1. The van der Waals surface area contributed by atoms with E-state index in [0.29, 0.717) is 23.0 Å². The molecule has 0 aliphatic carbocycles. The Labute approximate surface area is 192 Å². The molecule has 33 heavy (non-hydrogen) atoms. The van der Waals surface area contributed by atoms with Crippen LogP contribution in [0.15, 0.2) is 57.7 Å². The van der Waals surface area contributed by atoms with Gasteiger partial charge in [-0.1, -0.05) is 43.7 Å². The predicted octanol–water partition coefficient (Wildman–Crippen LogP) is 5.23. The highest BCUT2D eigenvalue weighted by atomic mass is 16.6. The first-order valence-electron chi connectivity index (χ1n) is 10.9. The van der Waals surface area contributed by atoms with Crippen LogP contribution in [0, 0.1) is 6.92 Å². The van der Waals surface area contributed by atoms with Crippen molar-refractivity contribution in [3.05, 3.63) is 75.6 Å². The third-order valence-corrected chi connectivity index (χ3v) is 4.79. The summed E-state index contributed by atoms with van der Waals surface area (Å²) in [5.41, 5.74) is 1.22. The van der Waals surface area contributed by atoms with Gasteiger partial charge in [-0.3, -0.25) is 0 Å². The van der Waals surface area contributed by atoms with Gasteiger partial charge in [-0.25, -0.2) is 14.4 Å². The van der Waals surface area contributed by atoms with Crippen molar-refractivity contribution in [2.75, 3.05) is 0 Å². The van der Waals surface area contributed by atoms with Gasteiger partial charge in [0, 0.05) is 6.07 Å². The van der Waals surface area contributed by atoms with E-state index in [4.69, 9.17) is 13.9 Å². The first kappa shape index (κ1) is 24.0. The van der Waals surface area contributed by atoms with Crippen LogP contribution in [0.4, 0.5) is 4.79 Å². The van der Waals surface area contributed by atoms with Crippen molar-refractivity contribution < 1.29 is 23.5 Å². The second-order valence-corrected chi connectivity index (χ2v) is 8.89. The molecule has 1 aromatic heterocycles. The summed E-state index contributed by atoms with van der Waals surface area (Å²) >= 11 is 0. The standard InChI is InChI=1S/C26H29NO6/c1-6-10-18-15-21(28)31-19-13-16(2)14-20(22(18)19)32-24(29)23(17-11-8-7-9-12-17)27-25(30)33-26(3,4)5/h7-9,11-15,23H,6,10H2,1-5H3,(H,27,30)/t23-/m1/s1. The third kappa shape index (κ3) is 6.22. The van der Waals surface area contributed by atoms with E-state index >= 15 is 0 Å². The van der Waals surface area contributed by atoms with E-state index in [9.17, 15) is 14.4 Å². The molecule has 7 nitrogen and oxygen atoms in total. The van der Waals surface area contributed by atoms with Crippen LogP contribution in [0.1, 0.15) is 56.8 Å². The van der Waals surface area contributed by atoms with Crippen LogP contribution in [-0.2, 0) is 16.0 Å². The number of nitrogens with one attached hydrogen (secondary N) is 1. The smallest absolute Gasteiger partial charge is 0.408 e. The molecule has 0 aliphatic heterocycles. The highest BCUT2D eigenvalue weighted by molar-refractivity contribution is 5.92. The van der Waals surface area contributed by atoms with Crippen molar-refractivity contribution in [2.45, 2.75) is 59.1 Å². The summed E-state index contributed by atoms with van der Waals surface area (Å²) in [6.07, 6.45) is 0.681. The molecule has 1 amide bonds. The normalized spacial score (nSPS) is 12.3. The van der Waals surface area contributed by atoms with Crippen LogP contribution in [0.25, 0.3) is 11.0 Å². The van der Waals surface area contributed by atoms with Gasteiger partial charge in [0.25, 0.3) is 0 Å². The topological polar surface area (TPSA) is 94.8 Å². The maximum absolute atomic E-state index is 13.3. The molecule has 3 aromatic rings. The molecule has 174 valence electrons. The van der Waals surface area contributed by atoms with Crippen molar-refractivity contribution in [1.82, 2.24) is 5.32 Å². The highest BCUT2D eigenvalue weighted by Crippen LogP contribution is 2.32. The number of rotatable bonds is 6. The van der Waals surface area contributed by atoms with Crippen LogP contribution >= 0.6 is 0 Å². The van der Waals surface area contributed by atoms with Gasteiger partial charge in [-0.2, -0.15) is 0 Å². The molecular formula is C26H29NO6. The number of benzene rings is 2. The Balaban J connectivity index is 2.01. The fourth-order valence-electron chi connectivity index (χ4n) is 3.53. The highest BCUT2D eigenvalue weighted by Gasteiger charge is 2.28. The van der Waals surface area contributed by atoms with Crippen LogP contribution < -0.4 is 15.7 Å². The Hall–Kier alpha value is -3.61. The molecule has 1 heterocycles. The quantitative estimate of drug-likeness (QED) is 0.313. The SMILES string of the molecule is CCCc1cc(=O)oc2cc(C)cc(OC(=O)[C@H](NC(=O)OC(C)(C)C)c3ccccc3)c12. The fraction of sp³-hybridized carbons (Fsp3) is 0.346. The molecule has 0 saturated heterocycles. The van der Waals surface area contributed by atoms with Crippen molar-refractivity contribution in [1.29, 1.82) is 0 Å².